The third-order valence-electron chi connectivity index (χ3n) is 4.28. The maximum atomic E-state index is 12.1. The van der Waals surface area contributed by atoms with Crippen LogP contribution in [0.25, 0.3) is 0 Å². The zero-order valence-corrected chi connectivity index (χ0v) is 13.8. The van der Waals surface area contributed by atoms with Crippen molar-refractivity contribution >= 4 is 5.91 Å². The van der Waals surface area contributed by atoms with Gasteiger partial charge in [-0.25, -0.2) is 0 Å². The predicted octanol–water partition coefficient (Wildman–Crippen LogP) is 2.48. The molecule has 1 N–H and O–H groups in total. The lowest BCUT2D eigenvalue weighted by molar-refractivity contribution is -0.126. The molecule has 0 bridgehead atoms. The molecule has 1 heterocycles. The van der Waals surface area contributed by atoms with E-state index in [1.54, 1.807) is 0 Å². The van der Waals surface area contributed by atoms with Gasteiger partial charge in [0.2, 0.25) is 5.91 Å². The lowest BCUT2D eigenvalue weighted by Crippen LogP contribution is -2.39. The molecule has 0 spiro atoms. The topological polar surface area (TPSA) is 41.6 Å². The lowest BCUT2D eigenvalue weighted by atomic mass is 9.96. The van der Waals surface area contributed by atoms with E-state index in [1.165, 1.54) is 5.56 Å². The van der Waals surface area contributed by atoms with Gasteiger partial charge in [-0.15, -0.1) is 0 Å². The first-order valence-electron chi connectivity index (χ1n) is 8.37. The number of amides is 1. The van der Waals surface area contributed by atoms with Gasteiger partial charge < -0.3 is 15.0 Å². The maximum absolute atomic E-state index is 12.1. The Bertz CT molecular complexity index is 468. The van der Waals surface area contributed by atoms with Crippen LogP contribution in [0, 0.1) is 5.92 Å². The van der Waals surface area contributed by atoms with Crippen LogP contribution in [0.1, 0.15) is 31.7 Å². The highest BCUT2D eigenvalue weighted by Gasteiger charge is 2.22. The van der Waals surface area contributed by atoms with Crippen molar-refractivity contribution in [2.75, 3.05) is 33.3 Å². The van der Waals surface area contributed by atoms with Crippen LogP contribution in [0.4, 0.5) is 0 Å². The smallest absolute Gasteiger partial charge is 0.223 e. The molecular formula is C18H28N2O2. The first kappa shape index (κ1) is 16.8. The standard InChI is InChI=1S/C18H28N2O2/c1-3-22-17-9-5-4-7-15(17)8-6-12-19-18(21)16-10-13-20(2)14-11-16/h4-5,7,9,16H,3,6,8,10-14H2,1-2H3,(H,19,21). The van der Waals surface area contributed by atoms with Crippen molar-refractivity contribution in [1.29, 1.82) is 0 Å². The summed E-state index contributed by atoms with van der Waals surface area (Å²) in [6.45, 7) is 5.48. The summed E-state index contributed by atoms with van der Waals surface area (Å²) in [6.07, 6.45) is 3.84. The second kappa shape index (κ2) is 8.79. The molecule has 4 nitrogen and oxygen atoms in total. The molecule has 2 rings (SSSR count). The number of benzene rings is 1. The number of hydrogen-bond acceptors (Lipinski definition) is 3. The Hall–Kier alpha value is -1.55. The van der Waals surface area contributed by atoms with Crippen LogP contribution < -0.4 is 10.1 Å². The minimum atomic E-state index is 0.201. The van der Waals surface area contributed by atoms with Gasteiger partial charge in [0.05, 0.1) is 6.61 Å². The van der Waals surface area contributed by atoms with E-state index in [0.29, 0.717) is 6.61 Å². The van der Waals surface area contributed by atoms with E-state index < -0.39 is 0 Å². The number of carbonyl (C=O) groups excluding carboxylic acids is 1. The molecule has 0 saturated carbocycles. The highest BCUT2D eigenvalue weighted by molar-refractivity contribution is 5.78. The van der Waals surface area contributed by atoms with Crippen LogP contribution in [-0.2, 0) is 11.2 Å². The molecule has 1 saturated heterocycles. The Kier molecular flexibility index (Phi) is 6.72. The molecule has 0 aromatic heterocycles. The van der Waals surface area contributed by atoms with Gasteiger partial charge in [0.25, 0.3) is 0 Å². The van der Waals surface area contributed by atoms with E-state index in [2.05, 4.69) is 23.3 Å². The third-order valence-corrected chi connectivity index (χ3v) is 4.28. The molecule has 22 heavy (non-hydrogen) atoms. The quantitative estimate of drug-likeness (QED) is 0.787. The molecule has 1 fully saturated rings. The minimum absolute atomic E-state index is 0.201. The lowest BCUT2D eigenvalue weighted by Gasteiger charge is -2.28. The molecule has 1 aliphatic rings. The molecule has 1 amide bonds. The van der Waals surface area contributed by atoms with E-state index in [9.17, 15) is 4.79 Å². The average Bonchev–Trinajstić information content (AvgIpc) is 2.53. The fourth-order valence-electron chi connectivity index (χ4n) is 2.91. The van der Waals surface area contributed by atoms with Crippen LogP contribution >= 0.6 is 0 Å². The number of carbonyl (C=O) groups is 1. The molecule has 1 aromatic carbocycles. The van der Waals surface area contributed by atoms with Crippen molar-refractivity contribution in [3.63, 3.8) is 0 Å². The number of likely N-dealkylation sites (tertiary alicyclic amines) is 1. The highest BCUT2D eigenvalue weighted by Crippen LogP contribution is 2.19. The summed E-state index contributed by atoms with van der Waals surface area (Å²) in [7, 11) is 2.12. The minimum Gasteiger partial charge on any atom is -0.494 e. The average molecular weight is 304 g/mol. The summed E-state index contributed by atoms with van der Waals surface area (Å²) in [6, 6.07) is 8.14. The summed E-state index contributed by atoms with van der Waals surface area (Å²) in [5, 5.41) is 3.09. The Morgan fingerprint density at radius 1 is 1.32 bits per heavy atom. The SMILES string of the molecule is CCOc1ccccc1CCCNC(=O)C1CCN(C)CC1. The van der Waals surface area contributed by atoms with Gasteiger partial charge in [0.15, 0.2) is 0 Å². The second-order valence-corrected chi connectivity index (χ2v) is 6.01. The van der Waals surface area contributed by atoms with E-state index in [4.69, 9.17) is 4.74 Å². The fourth-order valence-corrected chi connectivity index (χ4v) is 2.91. The van der Waals surface area contributed by atoms with Crippen LogP contribution in [-0.4, -0.2) is 44.1 Å². The summed E-state index contributed by atoms with van der Waals surface area (Å²) >= 11 is 0. The zero-order chi connectivity index (χ0) is 15.8. The van der Waals surface area contributed by atoms with Gasteiger partial charge >= 0.3 is 0 Å². The molecule has 1 aromatic rings. The van der Waals surface area contributed by atoms with Crippen molar-refractivity contribution < 1.29 is 9.53 Å². The normalized spacial score (nSPS) is 16.5. The van der Waals surface area contributed by atoms with Gasteiger partial charge in [0, 0.05) is 12.5 Å². The summed E-state index contributed by atoms with van der Waals surface area (Å²) in [4.78, 5) is 14.4. The first-order valence-corrected chi connectivity index (χ1v) is 8.37. The Morgan fingerprint density at radius 3 is 2.77 bits per heavy atom. The van der Waals surface area contributed by atoms with Crippen molar-refractivity contribution in [3.8, 4) is 5.75 Å². The van der Waals surface area contributed by atoms with Gasteiger partial charge in [-0.1, -0.05) is 18.2 Å². The number of ether oxygens (including phenoxy) is 1. The molecule has 122 valence electrons. The van der Waals surface area contributed by atoms with Gasteiger partial charge in [0.1, 0.15) is 5.75 Å². The van der Waals surface area contributed by atoms with Gasteiger partial charge in [-0.2, -0.15) is 0 Å². The second-order valence-electron chi connectivity index (χ2n) is 6.01. The molecule has 0 aliphatic carbocycles. The van der Waals surface area contributed by atoms with E-state index in [1.807, 2.05) is 25.1 Å². The van der Waals surface area contributed by atoms with E-state index in [0.717, 1.165) is 51.1 Å². The molecule has 0 radical (unpaired) electrons. The monoisotopic (exact) mass is 304 g/mol. The summed E-state index contributed by atoms with van der Waals surface area (Å²) < 4.78 is 5.63. The van der Waals surface area contributed by atoms with Crippen molar-refractivity contribution in [1.82, 2.24) is 10.2 Å². The number of para-hydroxylation sites is 1. The van der Waals surface area contributed by atoms with E-state index >= 15 is 0 Å². The zero-order valence-electron chi connectivity index (χ0n) is 13.8. The predicted molar refractivity (Wildman–Crippen MR) is 89.2 cm³/mol. The molecule has 0 atom stereocenters. The number of hydrogen-bond donors (Lipinski definition) is 1. The number of piperidine rings is 1. The van der Waals surface area contributed by atoms with Gasteiger partial charge in [-0.3, -0.25) is 4.79 Å². The van der Waals surface area contributed by atoms with Gasteiger partial charge in [-0.05, 0) is 64.4 Å². The number of rotatable bonds is 7. The number of aryl methyl sites for hydroxylation is 1. The van der Waals surface area contributed by atoms with Crippen molar-refractivity contribution in [3.05, 3.63) is 29.8 Å². The third kappa shape index (κ3) is 5.02. The molecular weight excluding hydrogens is 276 g/mol. The van der Waals surface area contributed by atoms with Crippen LogP contribution in [0.2, 0.25) is 0 Å². The number of nitrogens with zero attached hydrogens (tertiary/aromatic N) is 1. The largest absolute Gasteiger partial charge is 0.494 e. The van der Waals surface area contributed by atoms with Crippen LogP contribution in [0.5, 0.6) is 5.75 Å². The highest BCUT2D eigenvalue weighted by atomic mass is 16.5. The van der Waals surface area contributed by atoms with E-state index in [-0.39, 0.29) is 11.8 Å². The summed E-state index contributed by atoms with van der Waals surface area (Å²) in [5.74, 6) is 1.39. The first-order chi connectivity index (χ1) is 10.7. The molecule has 1 aliphatic heterocycles. The van der Waals surface area contributed by atoms with Crippen molar-refractivity contribution in [2.24, 2.45) is 5.92 Å². The molecule has 0 unspecified atom stereocenters. The van der Waals surface area contributed by atoms with Crippen molar-refractivity contribution in [2.45, 2.75) is 32.6 Å². The Morgan fingerprint density at radius 2 is 2.05 bits per heavy atom. The Balaban J connectivity index is 1.70. The maximum Gasteiger partial charge on any atom is 0.223 e. The Labute approximate surface area is 133 Å². The van der Waals surface area contributed by atoms with Crippen LogP contribution in [0.15, 0.2) is 24.3 Å². The number of nitrogens with one attached hydrogen (secondary N) is 1. The summed E-state index contributed by atoms with van der Waals surface area (Å²) in [5.41, 5.74) is 1.22. The fraction of sp³-hybridized carbons (Fsp3) is 0.611. The van der Waals surface area contributed by atoms with Crippen LogP contribution in [0.3, 0.4) is 0 Å². The molecule has 4 heteroatoms.